The first kappa shape index (κ1) is 20.0. The maximum absolute atomic E-state index is 13.9. The van der Waals surface area contributed by atoms with E-state index in [4.69, 9.17) is 11.6 Å². The van der Waals surface area contributed by atoms with Crippen LogP contribution in [0, 0.1) is 13.8 Å². The number of rotatable bonds is 3. The highest BCUT2D eigenvalue weighted by molar-refractivity contribution is 6.31. The van der Waals surface area contributed by atoms with Crippen molar-refractivity contribution in [2.24, 2.45) is 0 Å². The van der Waals surface area contributed by atoms with Crippen molar-refractivity contribution >= 4 is 28.8 Å². The van der Waals surface area contributed by atoms with E-state index in [2.05, 4.69) is 15.4 Å². The van der Waals surface area contributed by atoms with E-state index in [9.17, 15) is 26.7 Å². The molecule has 11 heteroatoms. The Morgan fingerprint density at radius 3 is 2.46 bits per heavy atom. The lowest BCUT2D eigenvalue weighted by atomic mass is 10.2. The zero-order valence-corrected chi connectivity index (χ0v) is 15.2. The first-order valence-corrected chi connectivity index (χ1v) is 8.18. The Bertz CT molecular complexity index is 1080. The van der Waals surface area contributed by atoms with E-state index in [1.807, 2.05) is 0 Å². The molecule has 1 N–H and O–H groups in total. The van der Waals surface area contributed by atoms with Gasteiger partial charge in [0.05, 0.1) is 0 Å². The van der Waals surface area contributed by atoms with Gasteiger partial charge in [-0.25, -0.2) is 9.50 Å². The first-order chi connectivity index (χ1) is 12.9. The number of carbonyl (C=O) groups is 1. The molecule has 0 saturated heterocycles. The molecule has 0 aliphatic rings. The van der Waals surface area contributed by atoms with Crippen LogP contribution in [0.4, 0.5) is 27.6 Å². The van der Waals surface area contributed by atoms with Gasteiger partial charge in [-0.05, 0) is 37.6 Å². The Kier molecular flexibility index (Phi) is 4.78. The van der Waals surface area contributed by atoms with Gasteiger partial charge in [-0.2, -0.15) is 27.1 Å². The van der Waals surface area contributed by atoms with Crippen molar-refractivity contribution in [1.29, 1.82) is 0 Å². The molecule has 0 unspecified atom stereocenters. The second kappa shape index (κ2) is 6.69. The van der Waals surface area contributed by atoms with Gasteiger partial charge in [0.15, 0.2) is 11.3 Å². The molecule has 0 spiro atoms. The molecule has 148 valence electrons. The van der Waals surface area contributed by atoms with Crippen LogP contribution in [0.1, 0.15) is 27.4 Å². The highest BCUT2D eigenvalue weighted by Crippen LogP contribution is 2.43. The first-order valence-electron chi connectivity index (χ1n) is 7.80. The Balaban J connectivity index is 2.06. The summed E-state index contributed by atoms with van der Waals surface area (Å²) in [6.45, 7) is 2.91. The van der Waals surface area contributed by atoms with Crippen LogP contribution in [0.2, 0.25) is 5.02 Å². The summed E-state index contributed by atoms with van der Waals surface area (Å²) in [5.74, 6) is -5.99. The number of fused-ring (bicyclic) bond motifs is 1. The number of anilines is 1. The van der Waals surface area contributed by atoms with Gasteiger partial charge in [0.1, 0.15) is 5.69 Å². The molecule has 28 heavy (non-hydrogen) atoms. The molecule has 0 aliphatic carbocycles. The van der Waals surface area contributed by atoms with Crippen molar-refractivity contribution in [2.45, 2.75) is 25.9 Å². The highest BCUT2D eigenvalue weighted by atomic mass is 35.5. The predicted molar refractivity (Wildman–Crippen MR) is 91.8 cm³/mol. The van der Waals surface area contributed by atoms with Crippen LogP contribution in [0.15, 0.2) is 30.3 Å². The lowest BCUT2D eigenvalue weighted by molar-refractivity contribution is -0.291. The van der Waals surface area contributed by atoms with Crippen LogP contribution in [0.3, 0.4) is 0 Å². The molecule has 0 atom stereocenters. The van der Waals surface area contributed by atoms with Crippen LogP contribution < -0.4 is 5.32 Å². The molecular formula is C17H12ClF5N4O. The van der Waals surface area contributed by atoms with E-state index in [1.165, 1.54) is 6.92 Å². The van der Waals surface area contributed by atoms with Crippen molar-refractivity contribution in [3.63, 3.8) is 0 Å². The molecule has 0 radical (unpaired) electrons. The van der Waals surface area contributed by atoms with Crippen molar-refractivity contribution in [3.05, 3.63) is 58.0 Å². The molecule has 2 aromatic heterocycles. The Labute approximate surface area is 160 Å². The lowest BCUT2D eigenvalue weighted by Gasteiger charge is -2.20. The van der Waals surface area contributed by atoms with Crippen LogP contribution in [-0.4, -0.2) is 26.7 Å². The molecule has 0 saturated carbocycles. The number of halogens is 6. The number of carbonyl (C=O) groups excluding carboxylic acids is 1. The molecule has 3 aromatic rings. The summed E-state index contributed by atoms with van der Waals surface area (Å²) >= 11 is 5.97. The van der Waals surface area contributed by atoms with E-state index in [-0.39, 0.29) is 17.0 Å². The zero-order valence-electron chi connectivity index (χ0n) is 14.4. The van der Waals surface area contributed by atoms with E-state index < -0.39 is 23.7 Å². The fraction of sp³-hybridized carbons (Fsp3) is 0.235. The van der Waals surface area contributed by atoms with Gasteiger partial charge < -0.3 is 5.32 Å². The summed E-state index contributed by atoms with van der Waals surface area (Å²) in [7, 11) is 0. The van der Waals surface area contributed by atoms with Crippen molar-refractivity contribution in [2.75, 3.05) is 5.32 Å². The number of nitrogens with zero attached hydrogens (tertiary/aromatic N) is 3. The third-order valence-electron chi connectivity index (χ3n) is 3.98. The number of alkyl halides is 5. The largest absolute Gasteiger partial charge is 0.459 e. The number of benzene rings is 1. The van der Waals surface area contributed by atoms with Gasteiger partial charge >= 0.3 is 12.1 Å². The minimum atomic E-state index is -5.83. The number of hydrogen-bond donors (Lipinski definition) is 1. The molecule has 2 heterocycles. The predicted octanol–water partition coefficient (Wildman–Crippen LogP) is 4.91. The molecule has 1 amide bonds. The van der Waals surface area contributed by atoms with Crippen LogP contribution in [0.25, 0.3) is 5.65 Å². The number of aryl methyl sites for hydroxylation is 1. The smallest absolute Gasteiger partial charge is 0.320 e. The second-order valence-corrected chi connectivity index (χ2v) is 6.43. The Morgan fingerprint density at radius 1 is 1.14 bits per heavy atom. The third-order valence-corrected chi connectivity index (χ3v) is 4.39. The van der Waals surface area contributed by atoms with Gasteiger partial charge in [-0.3, -0.25) is 4.79 Å². The summed E-state index contributed by atoms with van der Waals surface area (Å²) in [6.07, 6.45) is -5.83. The van der Waals surface area contributed by atoms with E-state index in [1.54, 1.807) is 25.1 Å². The normalized spacial score (nSPS) is 12.4. The fourth-order valence-electron chi connectivity index (χ4n) is 2.51. The van der Waals surface area contributed by atoms with E-state index in [0.717, 1.165) is 6.07 Å². The number of aromatic nitrogens is 3. The summed E-state index contributed by atoms with van der Waals surface area (Å²) in [4.78, 5) is 16.3. The van der Waals surface area contributed by atoms with Gasteiger partial charge in [0.2, 0.25) is 0 Å². The zero-order chi connectivity index (χ0) is 20.9. The monoisotopic (exact) mass is 418 g/mol. The molecule has 1 aromatic carbocycles. The highest BCUT2D eigenvalue weighted by Gasteiger charge is 2.60. The number of amides is 1. The quantitative estimate of drug-likeness (QED) is 0.615. The molecule has 0 aliphatic heterocycles. The van der Waals surface area contributed by atoms with Crippen molar-refractivity contribution in [3.8, 4) is 0 Å². The van der Waals surface area contributed by atoms with Gasteiger partial charge in [-0.15, -0.1) is 0 Å². The topological polar surface area (TPSA) is 59.3 Å². The van der Waals surface area contributed by atoms with Crippen molar-refractivity contribution < 1.29 is 26.7 Å². The minimum Gasteiger partial charge on any atom is -0.320 e. The Morgan fingerprint density at radius 2 is 1.82 bits per heavy atom. The number of hydrogen-bond acceptors (Lipinski definition) is 3. The Hall–Kier alpha value is -2.75. The second-order valence-electron chi connectivity index (χ2n) is 6.02. The SMILES string of the molecule is Cc1cc(C(F)(F)C(F)(F)F)n2nc(C(=O)Nc3cccc(Cl)c3C)cc2n1. The maximum atomic E-state index is 13.9. The van der Waals surface area contributed by atoms with Crippen LogP contribution in [0.5, 0.6) is 0 Å². The molecule has 0 fully saturated rings. The molecule has 3 rings (SSSR count). The van der Waals surface area contributed by atoms with E-state index in [0.29, 0.717) is 26.9 Å². The summed E-state index contributed by atoms with van der Waals surface area (Å²) in [5, 5.41) is 6.49. The molecule has 5 nitrogen and oxygen atoms in total. The third kappa shape index (κ3) is 3.39. The van der Waals surface area contributed by atoms with E-state index >= 15 is 0 Å². The maximum Gasteiger partial charge on any atom is 0.459 e. The summed E-state index contributed by atoms with van der Waals surface area (Å²) in [5.41, 5.74) is -1.30. The molecular weight excluding hydrogens is 407 g/mol. The molecule has 0 bridgehead atoms. The van der Waals surface area contributed by atoms with Crippen molar-refractivity contribution in [1.82, 2.24) is 14.6 Å². The average Bonchev–Trinajstić information content (AvgIpc) is 3.01. The fourth-order valence-corrected chi connectivity index (χ4v) is 2.68. The van der Waals surface area contributed by atoms with Crippen LogP contribution in [-0.2, 0) is 5.92 Å². The van der Waals surface area contributed by atoms with Gasteiger partial charge in [-0.1, -0.05) is 17.7 Å². The standard InChI is InChI=1S/C17H12ClF5N4O/c1-8-6-13(16(19,20)17(21,22)23)27-14(24-8)7-12(26-27)15(28)25-11-5-3-4-10(18)9(11)2/h3-7H,1-2H3,(H,25,28). The lowest BCUT2D eigenvalue weighted by Crippen LogP contribution is -2.36. The van der Waals surface area contributed by atoms with Gasteiger partial charge in [0.25, 0.3) is 5.91 Å². The summed E-state index contributed by atoms with van der Waals surface area (Å²) in [6, 6.07) is 6.35. The van der Waals surface area contributed by atoms with Crippen LogP contribution >= 0.6 is 11.6 Å². The average molecular weight is 419 g/mol. The minimum absolute atomic E-state index is 0.0797. The van der Waals surface area contributed by atoms with Gasteiger partial charge in [0, 0.05) is 22.5 Å². The summed E-state index contributed by atoms with van der Waals surface area (Å²) < 4.78 is 66.5. The number of nitrogens with one attached hydrogen (secondary N) is 1.